The van der Waals surface area contributed by atoms with Crippen LogP contribution >= 0.6 is 0 Å². The van der Waals surface area contributed by atoms with Gasteiger partial charge in [-0.25, -0.2) is 0 Å². The van der Waals surface area contributed by atoms with Gasteiger partial charge < -0.3 is 14.5 Å². The summed E-state index contributed by atoms with van der Waals surface area (Å²) >= 11 is 0. The lowest BCUT2D eigenvalue weighted by atomic mass is 9.98. The maximum Gasteiger partial charge on any atom is 0.228 e. The SMILES string of the molecule is C[C@@H]1CC[C@@H](CC(=O)N(C)CCN(C)C(=O)Cc2ccnn2C)OC1. The van der Waals surface area contributed by atoms with Crippen molar-refractivity contribution in [3.8, 4) is 0 Å². The van der Waals surface area contributed by atoms with E-state index in [4.69, 9.17) is 4.74 Å². The van der Waals surface area contributed by atoms with Crippen LogP contribution in [0, 0.1) is 5.92 Å². The Morgan fingerprint density at radius 3 is 2.48 bits per heavy atom. The van der Waals surface area contributed by atoms with Crippen LogP contribution in [-0.2, 0) is 27.8 Å². The maximum absolute atomic E-state index is 12.3. The van der Waals surface area contributed by atoms with Gasteiger partial charge in [-0.2, -0.15) is 5.10 Å². The lowest BCUT2D eigenvalue weighted by Gasteiger charge is -2.28. The van der Waals surface area contributed by atoms with Crippen molar-refractivity contribution in [2.75, 3.05) is 33.8 Å². The number of carbonyl (C=O) groups is 2. The topological polar surface area (TPSA) is 67.7 Å². The van der Waals surface area contributed by atoms with E-state index < -0.39 is 0 Å². The number of hydrogen-bond acceptors (Lipinski definition) is 4. The van der Waals surface area contributed by atoms with E-state index in [-0.39, 0.29) is 17.9 Å². The average Bonchev–Trinajstić information content (AvgIpc) is 2.99. The fourth-order valence-electron chi connectivity index (χ4n) is 2.86. The van der Waals surface area contributed by atoms with Crippen LogP contribution in [0.2, 0.25) is 0 Å². The fourth-order valence-corrected chi connectivity index (χ4v) is 2.86. The van der Waals surface area contributed by atoms with Crippen LogP contribution < -0.4 is 0 Å². The molecule has 0 radical (unpaired) electrons. The number of ether oxygens (including phenoxy) is 1. The predicted molar refractivity (Wildman–Crippen MR) is 94.9 cm³/mol. The first-order valence-corrected chi connectivity index (χ1v) is 8.93. The molecule has 2 amide bonds. The van der Waals surface area contributed by atoms with Crippen molar-refractivity contribution in [2.45, 2.75) is 38.7 Å². The summed E-state index contributed by atoms with van der Waals surface area (Å²) in [5, 5.41) is 4.07. The van der Waals surface area contributed by atoms with Gasteiger partial charge in [-0.05, 0) is 24.8 Å². The molecule has 0 N–H and O–H groups in total. The molecule has 140 valence electrons. The molecule has 1 fully saturated rings. The zero-order chi connectivity index (χ0) is 18.4. The van der Waals surface area contributed by atoms with Gasteiger partial charge in [0.25, 0.3) is 0 Å². The minimum Gasteiger partial charge on any atom is -0.377 e. The second-order valence-electron chi connectivity index (χ2n) is 7.10. The second-order valence-corrected chi connectivity index (χ2v) is 7.10. The highest BCUT2D eigenvalue weighted by molar-refractivity contribution is 5.78. The maximum atomic E-state index is 12.3. The Hall–Kier alpha value is -1.89. The molecule has 1 saturated heterocycles. The molecule has 7 heteroatoms. The molecule has 0 bridgehead atoms. The van der Waals surface area contributed by atoms with E-state index in [1.807, 2.05) is 13.1 Å². The van der Waals surface area contributed by atoms with Gasteiger partial charge in [0, 0.05) is 52.7 Å². The van der Waals surface area contributed by atoms with Gasteiger partial charge in [-0.15, -0.1) is 0 Å². The van der Waals surface area contributed by atoms with E-state index in [2.05, 4.69) is 12.0 Å². The highest BCUT2D eigenvalue weighted by atomic mass is 16.5. The van der Waals surface area contributed by atoms with E-state index in [1.54, 1.807) is 34.8 Å². The summed E-state index contributed by atoms with van der Waals surface area (Å²) in [4.78, 5) is 27.9. The minimum absolute atomic E-state index is 0.0223. The van der Waals surface area contributed by atoms with Gasteiger partial charge in [-0.3, -0.25) is 14.3 Å². The minimum atomic E-state index is 0.0223. The molecule has 0 aromatic carbocycles. The fraction of sp³-hybridized carbons (Fsp3) is 0.722. The van der Waals surface area contributed by atoms with Gasteiger partial charge in [0.15, 0.2) is 0 Å². The summed E-state index contributed by atoms with van der Waals surface area (Å²) in [7, 11) is 5.37. The molecule has 2 atom stereocenters. The third kappa shape index (κ3) is 5.85. The summed E-state index contributed by atoms with van der Waals surface area (Å²) in [6, 6.07) is 1.84. The summed E-state index contributed by atoms with van der Waals surface area (Å²) in [6.07, 6.45) is 4.53. The molecule has 2 heterocycles. The summed E-state index contributed by atoms with van der Waals surface area (Å²) in [5.41, 5.74) is 0.880. The molecular weight excluding hydrogens is 320 g/mol. The first kappa shape index (κ1) is 19.4. The Kier molecular flexibility index (Phi) is 6.99. The predicted octanol–water partition coefficient (Wildman–Crippen LogP) is 1.08. The number of carbonyl (C=O) groups excluding carboxylic acids is 2. The third-order valence-electron chi connectivity index (χ3n) is 4.88. The molecule has 0 aliphatic carbocycles. The summed E-state index contributed by atoms with van der Waals surface area (Å²) in [5.74, 6) is 0.684. The summed E-state index contributed by atoms with van der Waals surface area (Å²) in [6.45, 7) is 3.95. The molecule has 0 spiro atoms. The van der Waals surface area contributed by atoms with Crippen molar-refractivity contribution in [1.82, 2.24) is 19.6 Å². The number of nitrogens with zero attached hydrogens (tertiary/aromatic N) is 4. The largest absolute Gasteiger partial charge is 0.377 e. The van der Waals surface area contributed by atoms with Crippen molar-refractivity contribution >= 4 is 11.8 Å². The number of aryl methyl sites for hydroxylation is 1. The number of aromatic nitrogens is 2. The highest BCUT2D eigenvalue weighted by Gasteiger charge is 2.23. The third-order valence-corrected chi connectivity index (χ3v) is 4.88. The lowest BCUT2D eigenvalue weighted by molar-refractivity contribution is -0.136. The van der Waals surface area contributed by atoms with Gasteiger partial charge in [0.1, 0.15) is 0 Å². The number of rotatable bonds is 7. The number of amides is 2. The van der Waals surface area contributed by atoms with Crippen LogP contribution in [0.5, 0.6) is 0 Å². The normalized spacial score (nSPS) is 20.3. The van der Waals surface area contributed by atoms with Gasteiger partial charge in [-0.1, -0.05) is 6.92 Å². The van der Waals surface area contributed by atoms with Crippen molar-refractivity contribution in [2.24, 2.45) is 13.0 Å². The monoisotopic (exact) mass is 350 g/mol. The van der Waals surface area contributed by atoms with Gasteiger partial charge in [0.2, 0.25) is 11.8 Å². The standard InChI is InChI=1S/C18H30N4O3/c1-14-5-6-16(25-13-14)12-18(24)21(3)10-9-20(2)17(23)11-15-7-8-19-22(15)4/h7-8,14,16H,5-6,9-13H2,1-4H3/t14-,16+/m1/s1. The van der Waals surface area contributed by atoms with E-state index in [0.717, 1.165) is 25.1 Å². The van der Waals surface area contributed by atoms with E-state index in [1.165, 1.54) is 0 Å². The molecule has 2 rings (SSSR count). The average molecular weight is 350 g/mol. The molecule has 0 unspecified atom stereocenters. The molecular formula is C18H30N4O3. The Morgan fingerprint density at radius 2 is 1.92 bits per heavy atom. The van der Waals surface area contributed by atoms with Crippen molar-refractivity contribution in [3.05, 3.63) is 18.0 Å². The van der Waals surface area contributed by atoms with Crippen LogP contribution in [0.15, 0.2) is 12.3 Å². The van der Waals surface area contributed by atoms with Crippen molar-refractivity contribution < 1.29 is 14.3 Å². The van der Waals surface area contributed by atoms with Crippen molar-refractivity contribution in [1.29, 1.82) is 0 Å². The number of hydrogen-bond donors (Lipinski definition) is 0. The van der Waals surface area contributed by atoms with E-state index in [0.29, 0.717) is 31.8 Å². The lowest BCUT2D eigenvalue weighted by Crippen LogP contribution is -2.39. The quantitative estimate of drug-likeness (QED) is 0.738. The van der Waals surface area contributed by atoms with Crippen molar-refractivity contribution in [3.63, 3.8) is 0 Å². The molecule has 1 aliphatic heterocycles. The van der Waals surface area contributed by atoms with Crippen LogP contribution in [0.4, 0.5) is 0 Å². The molecule has 1 aromatic rings. The van der Waals surface area contributed by atoms with Crippen LogP contribution in [0.3, 0.4) is 0 Å². The molecule has 25 heavy (non-hydrogen) atoms. The van der Waals surface area contributed by atoms with Crippen LogP contribution in [0.25, 0.3) is 0 Å². The Balaban J connectivity index is 1.71. The van der Waals surface area contributed by atoms with Crippen LogP contribution in [0.1, 0.15) is 31.9 Å². The molecule has 0 saturated carbocycles. The molecule has 1 aromatic heterocycles. The Bertz CT molecular complexity index is 579. The highest BCUT2D eigenvalue weighted by Crippen LogP contribution is 2.20. The Labute approximate surface area is 149 Å². The smallest absolute Gasteiger partial charge is 0.228 e. The van der Waals surface area contributed by atoms with Crippen LogP contribution in [-0.4, -0.2) is 71.3 Å². The van der Waals surface area contributed by atoms with Gasteiger partial charge in [0.05, 0.1) is 18.9 Å². The molecule has 7 nitrogen and oxygen atoms in total. The molecule has 1 aliphatic rings. The van der Waals surface area contributed by atoms with E-state index in [9.17, 15) is 9.59 Å². The van der Waals surface area contributed by atoms with Gasteiger partial charge >= 0.3 is 0 Å². The first-order valence-electron chi connectivity index (χ1n) is 8.93. The zero-order valence-corrected chi connectivity index (χ0v) is 15.8. The zero-order valence-electron chi connectivity index (χ0n) is 15.8. The van der Waals surface area contributed by atoms with E-state index >= 15 is 0 Å². The first-order chi connectivity index (χ1) is 11.9. The summed E-state index contributed by atoms with van der Waals surface area (Å²) < 4.78 is 7.43. The number of likely N-dealkylation sites (N-methyl/N-ethyl adjacent to an activating group) is 2. The Morgan fingerprint density at radius 1 is 1.24 bits per heavy atom. The second kappa shape index (κ2) is 8.99.